The molecule has 1 aromatic rings. The molecule has 0 amide bonds. The molecule has 0 aliphatic carbocycles. The Hall–Kier alpha value is -0.850. The number of rotatable bonds is 9. The van der Waals surface area contributed by atoms with E-state index < -0.39 is 0 Å². The topological polar surface area (TPSA) is 49.3 Å². The van der Waals surface area contributed by atoms with Crippen molar-refractivity contribution >= 4 is 29.9 Å². The van der Waals surface area contributed by atoms with Crippen LogP contribution in [0.25, 0.3) is 0 Å². The number of aliphatic imine (C=N–C) groups is 1. The summed E-state index contributed by atoms with van der Waals surface area (Å²) in [7, 11) is 0. The Bertz CT molecular complexity index is 404. The number of hydrogen-bond donors (Lipinski definition) is 2. The molecule has 1 heterocycles. The van der Waals surface area contributed by atoms with Crippen LogP contribution in [-0.2, 0) is 6.42 Å². The van der Waals surface area contributed by atoms with Crippen LogP contribution in [-0.4, -0.2) is 30.6 Å². The predicted octanol–water partition coefficient (Wildman–Crippen LogP) is 3.69. The minimum Gasteiger partial charge on any atom is -0.357 e. The summed E-state index contributed by atoms with van der Waals surface area (Å²) in [6, 6.07) is 4.20. The Morgan fingerprint density at radius 3 is 2.59 bits per heavy atom. The highest BCUT2D eigenvalue weighted by molar-refractivity contribution is 14.0. The number of nitrogens with one attached hydrogen (secondary N) is 2. The fourth-order valence-electron chi connectivity index (χ4n) is 2.04. The van der Waals surface area contributed by atoms with Crippen LogP contribution in [0.5, 0.6) is 0 Å². The van der Waals surface area contributed by atoms with Gasteiger partial charge >= 0.3 is 0 Å². The molecule has 0 unspecified atom stereocenters. The lowest BCUT2D eigenvalue weighted by atomic mass is 10.2. The van der Waals surface area contributed by atoms with Gasteiger partial charge in [0.25, 0.3) is 0 Å². The van der Waals surface area contributed by atoms with Crippen LogP contribution in [0.3, 0.4) is 0 Å². The molecule has 4 nitrogen and oxygen atoms in total. The standard InChI is InChI=1S/C17H30N4.HI/c1-4-6-7-8-12-19-17(18-5-2)20-13-11-16-10-9-15(3)21-14-16;/h9-10,14H,4-8,11-13H2,1-3H3,(H2,18,19,20);1H. The smallest absolute Gasteiger partial charge is 0.191 e. The zero-order chi connectivity index (χ0) is 15.3. The first-order valence-corrected chi connectivity index (χ1v) is 8.20. The van der Waals surface area contributed by atoms with Gasteiger partial charge in [0.1, 0.15) is 0 Å². The van der Waals surface area contributed by atoms with E-state index in [0.29, 0.717) is 0 Å². The zero-order valence-corrected chi connectivity index (χ0v) is 16.5. The molecule has 0 aliphatic heterocycles. The van der Waals surface area contributed by atoms with Crippen LogP contribution in [0.15, 0.2) is 23.3 Å². The lowest BCUT2D eigenvalue weighted by Gasteiger charge is -2.11. The molecule has 126 valence electrons. The van der Waals surface area contributed by atoms with Crippen molar-refractivity contribution in [3.63, 3.8) is 0 Å². The van der Waals surface area contributed by atoms with Gasteiger partial charge in [-0.2, -0.15) is 0 Å². The van der Waals surface area contributed by atoms with Gasteiger partial charge in [0, 0.05) is 31.5 Å². The Morgan fingerprint density at radius 1 is 1.14 bits per heavy atom. The monoisotopic (exact) mass is 418 g/mol. The maximum Gasteiger partial charge on any atom is 0.191 e. The Morgan fingerprint density at radius 2 is 1.95 bits per heavy atom. The van der Waals surface area contributed by atoms with Crippen LogP contribution in [0.4, 0.5) is 0 Å². The van der Waals surface area contributed by atoms with E-state index in [0.717, 1.165) is 37.7 Å². The average molecular weight is 418 g/mol. The molecule has 0 bridgehead atoms. The molecule has 22 heavy (non-hydrogen) atoms. The van der Waals surface area contributed by atoms with Gasteiger partial charge in [0.15, 0.2) is 5.96 Å². The van der Waals surface area contributed by atoms with Gasteiger partial charge in [-0.15, -0.1) is 24.0 Å². The molecule has 1 aromatic heterocycles. The summed E-state index contributed by atoms with van der Waals surface area (Å²) in [5, 5.41) is 6.68. The molecule has 5 heteroatoms. The quantitative estimate of drug-likeness (QED) is 0.278. The fraction of sp³-hybridized carbons (Fsp3) is 0.647. The fourth-order valence-corrected chi connectivity index (χ4v) is 2.04. The van der Waals surface area contributed by atoms with Crippen LogP contribution in [0.1, 0.15) is 50.8 Å². The van der Waals surface area contributed by atoms with Crippen LogP contribution in [0.2, 0.25) is 0 Å². The number of aryl methyl sites for hydroxylation is 1. The van der Waals surface area contributed by atoms with Crippen molar-refractivity contribution in [1.29, 1.82) is 0 Å². The summed E-state index contributed by atoms with van der Waals surface area (Å²) in [5.74, 6) is 0.925. The number of hydrogen-bond acceptors (Lipinski definition) is 2. The average Bonchev–Trinajstić information content (AvgIpc) is 2.49. The summed E-state index contributed by atoms with van der Waals surface area (Å²) in [6.07, 6.45) is 7.94. The minimum atomic E-state index is 0. The van der Waals surface area contributed by atoms with E-state index >= 15 is 0 Å². The van der Waals surface area contributed by atoms with E-state index in [4.69, 9.17) is 0 Å². The highest BCUT2D eigenvalue weighted by Gasteiger charge is 1.98. The molecule has 0 atom stereocenters. The zero-order valence-electron chi connectivity index (χ0n) is 14.2. The van der Waals surface area contributed by atoms with Crippen molar-refractivity contribution < 1.29 is 0 Å². The van der Waals surface area contributed by atoms with Crippen molar-refractivity contribution in [1.82, 2.24) is 15.6 Å². The maximum atomic E-state index is 4.61. The molecule has 0 aromatic carbocycles. The van der Waals surface area contributed by atoms with E-state index in [1.165, 1.54) is 31.2 Å². The third kappa shape index (κ3) is 9.97. The highest BCUT2D eigenvalue weighted by atomic mass is 127. The number of guanidine groups is 1. The molecule has 2 N–H and O–H groups in total. The third-order valence-electron chi connectivity index (χ3n) is 3.30. The predicted molar refractivity (Wildman–Crippen MR) is 106 cm³/mol. The Balaban J connectivity index is 0.00000441. The van der Waals surface area contributed by atoms with E-state index in [1.54, 1.807) is 0 Å². The van der Waals surface area contributed by atoms with Gasteiger partial charge in [-0.25, -0.2) is 0 Å². The number of pyridine rings is 1. The molecule has 0 saturated carbocycles. The Labute approximate surface area is 152 Å². The summed E-state index contributed by atoms with van der Waals surface area (Å²) in [6.45, 7) is 9.02. The molecule has 0 radical (unpaired) electrons. The summed E-state index contributed by atoms with van der Waals surface area (Å²) < 4.78 is 0. The first kappa shape index (κ1) is 21.1. The van der Waals surface area contributed by atoms with Gasteiger partial charge < -0.3 is 10.6 Å². The molecular weight excluding hydrogens is 387 g/mol. The second-order valence-electron chi connectivity index (χ2n) is 5.31. The first-order chi connectivity index (χ1) is 10.3. The first-order valence-electron chi connectivity index (χ1n) is 8.20. The minimum absolute atomic E-state index is 0. The van der Waals surface area contributed by atoms with E-state index in [2.05, 4.69) is 46.6 Å². The van der Waals surface area contributed by atoms with Gasteiger partial charge in [-0.3, -0.25) is 9.98 Å². The van der Waals surface area contributed by atoms with Crippen LogP contribution in [0, 0.1) is 6.92 Å². The van der Waals surface area contributed by atoms with E-state index in [1.807, 2.05) is 13.1 Å². The highest BCUT2D eigenvalue weighted by Crippen LogP contribution is 2.00. The van der Waals surface area contributed by atoms with Crippen molar-refractivity contribution in [2.45, 2.75) is 52.9 Å². The lowest BCUT2D eigenvalue weighted by molar-refractivity contribution is 0.670. The molecule has 0 spiro atoms. The molecular formula is C17H31IN4. The van der Waals surface area contributed by atoms with E-state index in [-0.39, 0.29) is 24.0 Å². The number of aromatic nitrogens is 1. The molecule has 0 fully saturated rings. The molecule has 0 saturated heterocycles. The van der Waals surface area contributed by atoms with Crippen molar-refractivity contribution in [3.8, 4) is 0 Å². The number of halogens is 1. The maximum absolute atomic E-state index is 4.61. The second-order valence-corrected chi connectivity index (χ2v) is 5.31. The molecule has 1 rings (SSSR count). The van der Waals surface area contributed by atoms with Crippen LogP contribution >= 0.6 is 24.0 Å². The summed E-state index contributed by atoms with van der Waals surface area (Å²) in [4.78, 5) is 8.93. The largest absolute Gasteiger partial charge is 0.357 e. The molecule has 0 aliphatic rings. The third-order valence-corrected chi connectivity index (χ3v) is 3.30. The van der Waals surface area contributed by atoms with Gasteiger partial charge in [-0.1, -0.05) is 32.3 Å². The normalized spacial score (nSPS) is 11.0. The van der Waals surface area contributed by atoms with Gasteiger partial charge in [-0.05, 0) is 38.3 Å². The van der Waals surface area contributed by atoms with Crippen LogP contribution < -0.4 is 10.6 Å². The Kier molecular flexibility index (Phi) is 13.3. The summed E-state index contributed by atoms with van der Waals surface area (Å²) in [5.41, 5.74) is 2.32. The van der Waals surface area contributed by atoms with Gasteiger partial charge in [0.2, 0.25) is 0 Å². The summed E-state index contributed by atoms with van der Waals surface area (Å²) >= 11 is 0. The number of unbranched alkanes of at least 4 members (excludes halogenated alkanes) is 3. The lowest BCUT2D eigenvalue weighted by Crippen LogP contribution is -2.38. The SMILES string of the molecule is CCCCCCN=C(NCC)NCCc1ccc(C)nc1.I. The van der Waals surface area contributed by atoms with E-state index in [9.17, 15) is 0 Å². The number of nitrogens with zero attached hydrogens (tertiary/aromatic N) is 2. The van der Waals surface area contributed by atoms with Gasteiger partial charge in [0.05, 0.1) is 0 Å². The second kappa shape index (κ2) is 13.8. The van der Waals surface area contributed by atoms with Crippen molar-refractivity contribution in [3.05, 3.63) is 29.6 Å². The van der Waals surface area contributed by atoms with Crippen molar-refractivity contribution in [2.75, 3.05) is 19.6 Å². The van der Waals surface area contributed by atoms with Crippen molar-refractivity contribution in [2.24, 2.45) is 4.99 Å².